The van der Waals surface area contributed by atoms with E-state index in [1.165, 1.54) is 4.90 Å². The number of Topliss-reactive ketones (excluding diaryl/α,β-unsaturated/α-hetero) is 1. The number of halogens is 1. The maximum Gasteiger partial charge on any atom is 0.295 e. The smallest absolute Gasteiger partial charge is 0.295 e. The summed E-state index contributed by atoms with van der Waals surface area (Å²) in [6.45, 7) is 4.02. The van der Waals surface area contributed by atoms with E-state index in [1.807, 2.05) is 62.4 Å². The Kier molecular flexibility index (Phi) is 7.26. The summed E-state index contributed by atoms with van der Waals surface area (Å²) >= 11 is 3.38. The third kappa shape index (κ3) is 5.25. The number of ketones is 1. The van der Waals surface area contributed by atoms with Gasteiger partial charge in [-0.1, -0.05) is 52.3 Å². The lowest BCUT2D eigenvalue weighted by Gasteiger charge is -2.26. The number of benzene rings is 3. The van der Waals surface area contributed by atoms with Crippen LogP contribution in [-0.2, 0) is 16.1 Å². The van der Waals surface area contributed by atoms with Gasteiger partial charge in [0.2, 0.25) is 0 Å². The fraction of sp³-hybridized carbons (Fsp3) is 0.214. The predicted molar refractivity (Wildman–Crippen MR) is 137 cm³/mol. The lowest BCUT2D eigenvalue weighted by molar-refractivity contribution is -0.140. The number of rotatable bonds is 7. The molecule has 1 unspecified atom stereocenters. The highest BCUT2D eigenvalue weighted by atomic mass is 79.9. The lowest BCUT2D eigenvalue weighted by atomic mass is 9.95. The van der Waals surface area contributed by atoms with Crippen molar-refractivity contribution in [2.45, 2.75) is 32.5 Å². The van der Waals surface area contributed by atoms with Crippen LogP contribution in [0.5, 0.6) is 11.5 Å². The van der Waals surface area contributed by atoms with E-state index in [1.54, 1.807) is 31.4 Å². The average molecular weight is 536 g/mol. The summed E-state index contributed by atoms with van der Waals surface area (Å²) in [5.41, 5.74) is 1.97. The Hall–Kier alpha value is -3.58. The van der Waals surface area contributed by atoms with E-state index in [0.29, 0.717) is 22.6 Å². The Morgan fingerprint density at radius 2 is 1.69 bits per heavy atom. The SMILES string of the molecule is COc1cccc(CN2C(=O)C(=O)/C(=C(\O)c3ccc(Br)cc3)C2c2cccc(OC(C)C)c2)c1. The molecular formula is C28H26BrNO5. The number of aliphatic hydroxyl groups is 1. The van der Waals surface area contributed by atoms with E-state index in [2.05, 4.69) is 15.9 Å². The molecule has 35 heavy (non-hydrogen) atoms. The molecule has 0 bridgehead atoms. The van der Waals surface area contributed by atoms with Gasteiger partial charge in [0, 0.05) is 16.6 Å². The highest BCUT2D eigenvalue weighted by molar-refractivity contribution is 9.10. The Bertz CT molecular complexity index is 1280. The summed E-state index contributed by atoms with van der Waals surface area (Å²) in [4.78, 5) is 28.0. The summed E-state index contributed by atoms with van der Waals surface area (Å²) in [5, 5.41) is 11.2. The number of aliphatic hydroxyl groups excluding tert-OH is 1. The molecule has 0 radical (unpaired) electrons. The molecule has 0 aliphatic carbocycles. The molecule has 1 aliphatic heterocycles. The molecule has 3 aromatic rings. The van der Waals surface area contributed by atoms with E-state index in [-0.39, 0.29) is 24.0 Å². The molecule has 6 nitrogen and oxygen atoms in total. The Morgan fingerprint density at radius 3 is 2.37 bits per heavy atom. The molecule has 1 amide bonds. The number of carbonyl (C=O) groups excluding carboxylic acids is 2. The topological polar surface area (TPSA) is 76.1 Å². The van der Waals surface area contributed by atoms with Crippen molar-refractivity contribution in [2.24, 2.45) is 0 Å². The van der Waals surface area contributed by atoms with Crippen LogP contribution < -0.4 is 9.47 Å². The Balaban J connectivity index is 1.85. The third-order valence-electron chi connectivity index (χ3n) is 5.69. The molecule has 7 heteroatoms. The van der Waals surface area contributed by atoms with Crippen molar-refractivity contribution < 1.29 is 24.2 Å². The van der Waals surface area contributed by atoms with Gasteiger partial charge in [-0.05, 0) is 61.4 Å². The molecule has 0 saturated carbocycles. The van der Waals surface area contributed by atoms with Crippen LogP contribution in [0.25, 0.3) is 5.76 Å². The molecule has 1 saturated heterocycles. The van der Waals surface area contributed by atoms with Crippen molar-refractivity contribution >= 4 is 33.4 Å². The first-order valence-electron chi connectivity index (χ1n) is 11.2. The second-order valence-electron chi connectivity index (χ2n) is 8.52. The number of likely N-dealkylation sites (tertiary alicyclic amines) is 1. The summed E-state index contributed by atoms with van der Waals surface area (Å²) in [7, 11) is 1.57. The van der Waals surface area contributed by atoms with Gasteiger partial charge < -0.3 is 19.5 Å². The fourth-order valence-corrected chi connectivity index (χ4v) is 4.41. The van der Waals surface area contributed by atoms with E-state index < -0.39 is 17.7 Å². The second-order valence-corrected chi connectivity index (χ2v) is 9.44. The zero-order valence-corrected chi connectivity index (χ0v) is 21.3. The second kappa shape index (κ2) is 10.4. The molecule has 0 aromatic heterocycles. The standard InChI is InChI=1S/C28H26BrNO5/c1-17(2)35-23-9-5-7-20(15-23)25-24(26(31)19-10-12-21(29)13-11-19)27(32)28(33)30(25)16-18-6-4-8-22(14-18)34-3/h4-15,17,25,31H,16H2,1-3H3/b26-24-. The molecular weight excluding hydrogens is 510 g/mol. The van der Waals surface area contributed by atoms with Gasteiger partial charge in [-0.3, -0.25) is 9.59 Å². The van der Waals surface area contributed by atoms with Crippen LogP contribution in [0, 0.1) is 0 Å². The van der Waals surface area contributed by atoms with Crippen LogP contribution in [0.2, 0.25) is 0 Å². The first-order chi connectivity index (χ1) is 16.8. The van der Waals surface area contributed by atoms with Crippen molar-refractivity contribution in [2.75, 3.05) is 7.11 Å². The number of methoxy groups -OCH3 is 1. The van der Waals surface area contributed by atoms with Crippen molar-refractivity contribution in [1.82, 2.24) is 4.90 Å². The molecule has 0 spiro atoms. The number of carbonyl (C=O) groups is 2. The van der Waals surface area contributed by atoms with E-state index in [0.717, 1.165) is 10.0 Å². The minimum absolute atomic E-state index is 0.0434. The maximum absolute atomic E-state index is 13.3. The average Bonchev–Trinajstić information content (AvgIpc) is 3.09. The predicted octanol–water partition coefficient (Wildman–Crippen LogP) is 5.87. The first kappa shape index (κ1) is 24.5. The van der Waals surface area contributed by atoms with Crippen molar-refractivity contribution in [1.29, 1.82) is 0 Å². The highest BCUT2D eigenvalue weighted by Gasteiger charge is 2.46. The number of ether oxygens (including phenoxy) is 2. The molecule has 1 N–H and O–H groups in total. The molecule has 180 valence electrons. The van der Waals surface area contributed by atoms with Crippen molar-refractivity contribution in [3.05, 3.63) is 99.5 Å². The number of amides is 1. The monoisotopic (exact) mass is 535 g/mol. The van der Waals surface area contributed by atoms with Gasteiger partial charge in [0.25, 0.3) is 11.7 Å². The zero-order chi connectivity index (χ0) is 25.1. The van der Waals surface area contributed by atoms with Gasteiger partial charge in [-0.2, -0.15) is 0 Å². The van der Waals surface area contributed by atoms with Crippen LogP contribution in [0.4, 0.5) is 0 Å². The number of hydrogen-bond acceptors (Lipinski definition) is 5. The fourth-order valence-electron chi connectivity index (χ4n) is 4.15. The van der Waals surface area contributed by atoms with Crippen LogP contribution >= 0.6 is 15.9 Å². The van der Waals surface area contributed by atoms with Crippen molar-refractivity contribution in [3.63, 3.8) is 0 Å². The normalized spacial score (nSPS) is 17.2. The van der Waals surface area contributed by atoms with Crippen molar-refractivity contribution in [3.8, 4) is 11.5 Å². The number of nitrogens with zero attached hydrogens (tertiary/aromatic N) is 1. The molecule has 1 heterocycles. The van der Waals surface area contributed by atoms with Gasteiger partial charge in [-0.15, -0.1) is 0 Å². The molecule has 1 fully saturated rings. The Labute approximate surface area is 212 Å². The summed E-state index contributed by atoms with van der Waals surface area (Å²) in [5.74, 6) is -0.352. The van der Waals surface area contributed by atoms with E-state index in [9.17, 15) is 14.7 Å². The van der Waals surface area contributed by atoms with Gasteiger partial charge in [-0.25, -0.2) is 0 Å². The van der Waals surface area contributed by atoms with Gasteiger partial charge in [0.15, 0.2) is 0 Å². The van der Waals surface area contributed by atoms with Crippen LogP contribution in [0.1, 0.15) is 36.6 Å². The van der Waals surface area contributed by atoms with Gasteiger partial charge in [0.1, 0.15) is 17.3 Å². The van der Waals surface area contributed by atoms with Crippen LogP contribution in [0.3, 0.4) is 0 Å². The quantitative estimate of drug-likeness (QED) is 0.232. The molecule has 1 aliphatic rings. The van der Waals surface area contributed by atoms with E-state index >= 15 is 0 Å². The molecule has 1 atom stereocenters. The lowest BCUT2D eigenvalue weighted by Crippen LogP contribution is -2.29. The largest absolute Gasteiger partial charge is 0.507 e. The summed E-state index contributed by atoms with van der Waals surface area (Å²) in [6.07, 6.45) is -0.0452. The highest BCUT2D eigenvalue weighted by Crippen LogP contribution is 2.41. The van der Waals surface area contributed by atoms with Crippen LogP contribution in [-0.4, -0.2) is 34.9 Å². The minimum atomic E-state index is -0.791. The van der Waals surface area contributed by atoms with E-state index in [4.69, 9.17) is 9.47 Å². The number of hydrogen-bond donors (Lipinski definition) is 1. The molecule has 3 aromatic carbocycles. The molecule has 4 rings (SSSR count). The zero-order valence-electron chi connectivity index (χ0n) is 19.7. The van der Waals surface area contributed by atoms with Crippen LogP contribution in [0.15, 0.2) is 82.8 Å². The first-order valence-corrected chi connectivity index (χ1v) is 12.0. The maximum atomic E-state index is 13.3. The van der Waals surface area contributed by atoms with Gasteiger partial charge >= 0.3 is 0 Å². The minimum Gasteiger partial charge on any atom is -0.507 e. The third-order valence-corrected chi connectivity index (χ3v) is 6.22. The Morgan fingerprint density at radius 1 is 1.00 bits per heavy atom. The summed E-state index contributed by atoms with van der Waals surface area (Å²) < 4.78 is 12.0. The van der Waals surface area contributed by atoms with Gasteiger partial charge in [0.05, 0.1) is 24.8 Å². The summed E-state index contributed by atoms with van der Waals surface area (Å²) in [6, 6.07) is 20.8.